The normalized spacial score (nSPS) is 11.8. The van der Waals surface area contributed by atoms with Crippen LogP contribution in [0.25, 0.3) is 0 Å². The minimum Gasteiger partial charge on any atom is -0.253 e. The lowest BCUT2D eigenvalue weighted by Gasteiger charge is -2.29. The summed E-state index contributed by atoms with van der Waals surface area (Å²) in [7, 11) is 1.88. The maximum atomic E-state index is 6.23. The second-order valence-electron chi connectivity index (χ2n) is 4.89. The fourth-order valence-electron chi connectivity index (χ4n) is 2.08. The molecule has 0 aliphatic carbocycles. The Morgan fingerprint density at radius 1 is 1.16 bits per heavy atom. The summed E-state index contributed by atoms with van der Waals surface area (Å²) < 4.78 is 1.77. The third-order valence-corrected chi connectivity index (χ3v) is 4.50. The lowest BCUT2D eigenvalue weighted by molar-refractivity contribution is 0.503. The predicted molar refractivity (Wildman–Crippen MR) is 79.0 cm³/mol. The smallest absolute Gasteiger partial charge is 0.138 e. The zero-order valence-electron chi connectivity index (χ0n) is 11.1. The molecule has 0 atom stereocenters. The van der Waals surface area contributed by atoms with Gasteiger partial charge in [-0.2, -0.15) is 5.10 Å². The molecule has 3 nitrogen and oxygen atoms in total. The van der Waals surface area contributed by atoms with Gasteiger partial charge in [-0.15, -0.1) is 23.2 Å². The van der Waals surface area contributed by atoms with E-state index < -0.39 is 0 Å². The standard InChI is InChI=1S/C14H17Cl2N3/c1-11-3-5-12(6-4-11)14(8-15,9-16)7-13-17-10-18-19(13)2/h3-6,10H,7-9H2,1-2H3. The molecule has 1 heterocycles. The molecular weight excluding hydrogens is 281 g/mol. The van der Waals surface area contributed by atoms with E-state index in [4.69, 9.17) is 23.2 Å². The Hall–Kier alpha value is -1.06. The van der Waals surface area contributed by atoms with Crippen molar-refractivity contribution in [3.63, 3.8) is 0 Å². The van der Waals surface area contributed by atoms with Crippen molar-refractivity contribution in [1.29, 1.82) is 0 Å². The minimum absolute atomic E-state index is 0.308. The first-order valence-electron chi connectivity index (χ1n) is 6.13. The van der Waals surface area contributed by atoms with Gasteiger partial charge in [0.25, 0.3) is 0 Å². The van der Waals surface area contributed by atoms with Gasteiger partial charge in [0, 0.05) is 30.6 Å². The molecule has 0 spiro atoms. The van der Waals surface area contributed by atoms with E-state index in [-0.39, 0.29) is 5.41 Å². The van der Waals surface area contributed by atoms with E-state index in [0.29, 0.717) is 18.2 Å². The van der Waals surface area contributed by atoms with Crippen LogP contribution in [0.4, 0.5) is 0 Å². The highest BCUT2D eigenvalue weighted by molar-refractivity contribution is 6.22. The van der Waals surface area contributed by atoms with E-state index in [2.05, 4.69) is 41.3 Å². The van der Waals surface area contributed by atoms with E-state index >= 15 is 0 Å². The second kappa shape index (κ2) is 5.93. The van der Waals surface area contributed by atoms with Crippen LogP contribution in [-0.4, -0.2) is 26.5 Å². The SMILES string of the molecule is Cc1ccc(C(CCl)(CCl)Cc2ncnn2C)cc1. The highest BCUT2D eigenvalue weighted by Crippen LogP contribution is 2.31. The van der Waals surface area contributed by atoms with Crippen LogP contribution < -0.4 is 0 Å². The number of hydrogen-bond donors (Lipinski definition) is 0. The van der Waals surface area contributed by atoms with Crippen molar-refractivity contribution < 1.29 is 0 Å². The first kappa shape index (κ1) is 14.4. The van der Waals surface area contributed by atoms with Gasteiger partial charge in [0.2, 0.25) is 0 Å². The molecule has 0 bridgehead atoms. The lowest BCUT2D eigenvalue weighted by Crippen LogP contribution is -2.34. The van der Waals surface area contributed by atoms with E-state index in [9.17, 15) is 0 Å². The molecule has 0 radical (unpaired) electrons. The molecule has 0 N–H and O–H groups in total. The molecule has 0 aliphatic heterocycles. The van der Waals surface area contributed by atoms with Crippen molar-refractivity contribution in [2.75, 3.05) is 11.8 Å². The molecule has 2 rings (SSSR count). The van der Waals surface area contributed by atoms with Gasteiger partial charge in [0.1, 0.15) is 12.2 Å². The number of halogens is 2. The average Bonchev–Trinajstić information content (AvgIpc) is 2.82. The molecule has 2 aromatic rings. The van der Waals surface area contributed by atoms with Crippen LogP contribution in [0.1, 0.15) is 17.0 Å². The highest BCUT2D eigenvalue weighted by Gasteiger charge is 2.32. The fourth-order valence-corrected chi connectivity index (χ4v) is 2.86. The number of hydrogen-bond acceptors (Lipinski definition) is 2. The highest BCUT2D eigenvalue weighted by atomic mass is 35.5. The maximum Gasteiger partial charge on any atom is 0.138 e. The van der Waals surface area contributed by atoms with E-state index in [1.54, 1.807) is 11.0 Å². The molecule has 0 saturated heterocycles. The average molecular weight is 298 g/mol. The zero-order valence-corrected chi connectivity index (χ0v) is 12.6. The summed E-state index contributed by atoms with van der Waals surface area (Å²) in [6.07, 6.45) is 2.23. The predicted octanol–water partition coefficient (Wildman–Crippen LogP) is 3.08. The summed E-state index contributed by atoms with van der Waals surface area (Å²) in [5.41, 5.74) is 2.06. The third kappa shape index (κ3) is 2.93. The van der Waals surface area contributed by atoms with E-state index in [1.807, 2.05) is 7.05 Å². The van der Waals surface area contributed by atoms with Crippen molar-refractivity contribution in [2.45, 2.75) is 18.8 Å². The van der Waals surface area contributed by atoms with Crippen molar-refractivity contribution >= 4 is 23.2 Å². The Kier molecular flexibility index (Phi) is 4.48. The first-order chi connectivity index (χ1) is 9.11. The Balaban J connectivity index is 2.37. The number of alkyl halides is 2. The molecule has 0 saturated carbocycles. The Morgan fingerprint density at radius 3 is 2.26 bits per heavy atom. The van der Waals surface area contributed by atoms with Gasteiger partial charge in [-0.1, -0.05) is 29.8 Å². The van der Waals surface area contributed by atoms with Gasteiger partial charge in [-0.25, -0.2) is 4.98 Å². The summed E-state index contributed by atoms with van der Waals surface area (Å²) in [6.45, 7) is 2.07. The van der Waals surface area contributed by atoms with Crippen molar-refractivity contribution in [3.05, 3.63) is 47.5 Å². The van der Waals surface area contributed by atoms with Gasteiger partial charge in [-0.3, -0.25) is 4.68 Å². The van der Waals surface area contributed by atoms with Gasteiger partial charge >= 0.3 is 0 Å². The Bertz CT molecular complexity index is 530. The molecule has 1 aromatic heterocycles. The monoisotopic (exact) mass is 297 g/mol. The minimum atomic E-state index is -0.308. The maximum absolute atomic E-state index is 6.23. The molecule has 0 aliphatic rings. The van der Waals surface area contributed by atoms with Gasteiger partial charge in [0.05, 0.1) is 0 Å². The molecule has 1 aromatic carbocycles. The third-order valence-electron chi connectivity index (χ3n) is 3.48. The summed E-state index contributed by atoms with van der Waals surface area (Å²) >= 11 is 12.5. The zero-order chi connectivity index (χ0) is 13.9. The summed E-state index contributed by atoms with van der Waals surface area (Å²) in [5, 5.41) is 4.10. The van der Waals surface area contributed by atoms with Crippen LogP contribution in [0.2, 0.25) is 0 Å². The molecule has 0 amide bonds. The second-order valence-corrected chi connectivity index (χ2v) is 5.42. The lowest BCUT2D eigenvalue weighted by atomic mass is 9.80. The molecule has 19 heavy (non-hydrogen) atoms. The van der Waals surface area contributed by atoms with Crippen molar-refractivity contribution in [1.82, 2.24) is 14.8 Å². The van der Waals surface area contributed by atoms with Crippen LogP contribution in [0.5, 0.6) is 0 Å². The van der Waals surface area contributed by atoms with Gasteiger partial charge < -0.3 is 0 Å². The van der Waals surface area contributed by atoms with Crippen LogP contribution in [-0.2, 0) is 18.9 Å². The van der Waals surface area contributed by atoms with Gasteiger partial charge in [0.15, 0.2) is 0 Å². The number of rotatable bonds is 5. The molecule has 0 unspecified atom stereocenters. The van der Waals surface area contributed by atoms with Crippen LogP contribution >= 0.6 is 23.2 Å². The number of aryl methyl sites for hydroxylation is 2. The largest absolute Gasteiger partial charge is 0.253 e. The quantitative estimate of drug-likeness (QED) is 0.794. The van der Waals surface area contributed by atoms with E-state index in [1.165, 1.54) is 5.56 Å². The Morgan fingerprint density at radius 2 is 1.79 bits per heavy atom. The summed E-state index contributed by atoms with van der Waals surface area (Å²) in [5.74, 6) is 1.79. The first-order valence-corrected chi connectivity index (χ1v) is 7.20. The summed E-state index contributed by atoms with van der Waals surface area (Å²) in [4.78, 5) is 4.27. The number of aromatic nitrogens is 3. The molecular formula is C14H17Cl2N3. The van der Waals surface area contributed by atoms with E-state index in [0.717, 1.165) is 11.4 Å². The van der Waals surface area contributed by atoms with Gasteiger partial charge in [-0.05, 0) is 12.5 Å². The van der Waals surface area contributed by atoms with Crippen molar-refractivity contribution in [3.8, 4) is 0 Å². The molecule has 5 heteroatoms. The van der Waals surface area contributed by atoms with Crippen molar-refractivity contribution in [2.24, 2.45) is 7.05 Å². The fraction of sp³-hybridized carbons (Fsp3) is 0.429. The van der Waals surface area contributed by atoms with Crippen LogP contribution in [0, 0.1) is 6.92 Å². The summed E-state index contributed by atoms with van der Waals surface area (Å²) in [6, 6.07) is 8.35. The number of nitrogens with zero attached hydrogens (tertiary/aromatic N) is 3. The van der Waals surface area contributed by atoms with Crippen LogP contribution in [0.15, 0.2) is 30.6 Å². The topological polar surface area (TPSA) is 30.7 Å². The number of benzene rings is 1. The Labute approximate surface area is 123 Å². The molecule has 0 fully saturated rings. The molecule has 102 valence electrons. The van der Waals surface area contributed by atoms with Crippen LogP contribution in [0.3, 0.4) is 0 Å².